The molecular formula is C17H30ClIN4OS. The minimum absolute atomic E-state index is 0. The topological polar surface area (TPSA) is 51.1 Å². The van der Waals surface area contributed by atoms with Crippen LogP contribution in [-0.2, 0) is 0 Å². The monoisotopic (exact) mass is 500 g/mol. The van der Waals surface area contributed by atoms with Gasteiger partial charge in [-0.05, 0) is 25.0 Å². The normalized spacial score (nSPS) is 17.5. The highest BCUT2D eigenvalue weighted by Crippen LogP contribution is 2.27. The number of piperazine rings is 1. The van der Waals surface area contributed by atoms with Crippen LogP contribution in [0.3, 0.4) is 0 Å². The average Bonchev–Trinajstić information content (AvgIpc) is 2.98. The van der Waals surface area contributed by atoms with Gasteiger partial charge in [0.25, 0.3) is 0 Å². The molecule has 8 heteroatoms. The van der Waals surface area contributed by atoms with E-state index < -0.39 is 6.10 Å². The van der Waals surface area contributed by atoms with E-state index in [4.69, 9.17) is 11.6 Å². The van der Waals surface area contributed by atoms with Crippen molar-refractivity contribution in [2.24, 2.45) is 10.9 Å². The van der Waals surface area contributed by atoms with E-state index in [0.29, 0.717) is 16.8 Å². The molecule has 0 spiro atoms. The maximum absolute atomic E-state index is 10.3. The highest BCUT2D eigenvalue weighted by atomic mass is 127. The van der Waals surface area contributed by atoms with Crippen molar-refractivity contribution in [3.63, 3.8) is 0 Å². The molecule has 0 saturated carbocycles. The maximum Gasteiger partial charge on any atom is 0.194 e. The second kappa shape index (κ2) is 11.6. The van der Waals surface area contributed by atoms with Crippen LogP contribution in [-0.4, -0.2) is 66.7 Å². The van der Waals surface area contributed by atoms with Gasteiger partial charge in [0, 0.05) is 44.1 Å². The van der Waals surface area contributed by atoms with E-state index in [1.54, 1.807) is 0 Å². The van der Waals surface area contributed by atoms with E-state index in [9.17, 15) is 5.11 Å². The lowest BCUT2D eigenvalue weighted by atomic mass is 10.2. The Labute approximate surface area is 177 Å². The lowest BCUT2D eigenvalue weighted by Gasteiger charge is -2.37. The molecule has 2 N–H and O–H groups in total. The van der Waals surface area contributed by atoms with E-state index in [2.05, 4.69) is 40.9 Å². The predicted molar refractivity (Wildman–Crippen MR) is 119 cm³/mol. The molecule has 25 heavy (non-hydrogen) atoms. The van der Waals surface area contributed by atoms with Crippen molar-refractivity contribution in [3.05, 3.63) is 21.3 Å². The van der Waals surface area contributed by atoms with Crippen molar-refractivity contribution in [1.82, 2.24) is 15.1 Å². The van der Waals surface area contributed by atoms with Crippen molar-refractivity contribution in [3.8, 4) is 0 Å². The van der Waals surface area contributed by atoms with Gasteiger partial charge < -0.3 is 15.3 Å². The van der Waals surface area contributed by atoms with E-state index >= 15 is 0 Å². The lowest BCUT2D eigenvalue weighted by Crippen LogP contribution is -2.53. The molecule has 0 aliphatic carbocycles. The number of guanidine groups is 1. The molecule has 1 unspecified atom stereocenters. The third-order valence-corrected chi connectivity index (χ3v) is 5.30. The second-order valence-corrected chi connectivity index (χ2v) is 8.28. The van der Waals surface area contributed by atoms with Gasteiger partial charge in [-0.1, -0.05) is 25.4 Å². The zero-order chi connectivity index (χ0) is 17.5. The summed E-state index contributed by atoms with van der Waals surface area (Å²) < 4.78 is 0.696. The molecule has 0 amide bonds. The summed E-state index contributed by atoms with van der Waals surface area (Å²) in [5.41, 5.74) is 0. The number of halogens is 2. The molecule has 144 valence electrons. The van der Waals surface area contributed by atoms with Crippen molar-refractivity contribution in [2.75, 3.05) is 45.8 Å². The highest BCUT2D eigenvalue weighted by molar-refractivity contribution is 14.0. The molecule has 1 fully saturated rings. The van der Waals surface area contributed by atoms with Gasteiger partial charge in [0.15, 0.2) is 5.96 Å². The van der Waals surface area contributed by atoms with Crippen LogP contribution < -0.4 is 5.32 Å². The first-order valence-corrected chi connectivity index (χ1v) is 9.88. The fourth-order valence-corrected chi connectivity index (χ4v) is 3.89. The number of thiophene rings is 1. The van der Waals surface area contributed by atoms with Gasteiger partial charge in [0.1, 0.15) is 6.10 Å². The van der Waals surface area contributed by atoms with Gasteiger partial charge in [0.05, 0.1) is 10.9 Å². The summed E-state index contributed by atoms with van der Waals surface area (Å²) in [4.78, 5) is 10.3. The van der Waals surface area contributed by atoms with E-state index in [0.717, 1.165) is 50.1 Å². The molecule has 0 bridgehead atoms. The van der Waals surface area contributed by atoms with Crippen molar-refractivity contribution in [2.45, 2.75) is 26.9 Å². The number of nitrogens with zero attached hydrogens (tertiary/aromatic N) is 3. The Hall–Kier alpha value is -0.0900. The molecule has 2 heterocycles. The molecule has 0 aromatic carbocycles. The number of rotatable bonds is 6. The second-order valence-electron chi connectivity index (χ2n) is 6.53. The van der Waals surface area contributed by atoms with Crippen LogP contribution in [0.15, 0.2) is 17.1 Å². The molecule has 1 aromatic rings. The first-order chi connectivity index (χ1) is 11.5. The minimum Gasteiger partial charge on any atom is -0.386 e. The number of hydrogen-bond acceptors (Lipinski definition) is 4. The maximum atomic E-state index is 10.3. The summed E-state index contributed by atoms with van der Waals surface area (Å²) in [6.45, 7) is 13.0. The summed E-state index contributed by atoms with van der Waals surface area (Å²) in [7, 11) is 0. The smallest absolute Gasteiger partial charge is 0.194 e. The van der Waals surface area contributed by atoms with E-state index in [-0.39, 0.29) is 24.0 Å². The molecule has 1 saturated heterocycles. The molecule has 0 radical (unpaired) electrons. The summed E-state index contributed by atoms with van der Waals surface area (Å²) in [5, 5.41) is 13.6. The largest absolute Gasteiger partial charge is 0.386 e. The zero-order valence-corrected chi connectivity index (χ0v) is 19.1. The number of aliphatic imine (C=N–C) groups is 1. The third kappa shape index (κ3) is 7.58. The molecule has 1 atom stereocenters. The quantitative estimate of drug-likeness (QED) is 0.358. The van der Waals surface area contributed by atoms with Crippen LogP contribution >= 0.6 is 46.9 Å². The Morgan fingerprint density at radius 3 is 2.52 bits per heavy atom. The van der Waals surface area contributed by atoms with Gasteiger partial charge >= 0.3 is 0 Å². The van der Waals surface area contributed by atoms with Gasteiger partial charge in [0.2, 0.25) is 0 Å². The number of aliphatic hydroxyl groups is 1. The summed E-state index contributed by atoms with van der Waals surface area (Å²) in [6.07, 6.45) is -0.599. The first kappa shape index (κ1) is 23.0. The first-order valence-electron chi connectivity index (χ1n) is 8.68. The van der Waals surface area contributed by atoms with Crippen LogP contribution in [0.2, 0.25) is 4.34 Å². The van der Waals surface area contributed by atoms with E-state index in [1.165, 1.54) is 11.3 Å². The fraction of sp³-hybridized carbons (Fsp3) is 0.706. The molecule has 2 rings (SSSR count). The van der Waals surface area contributed by atoms with Crippen LogP contribution in [0.1, 0.15) is 31.8 Å². The van der Waals surface area contributed by atoms with Crippen LogP contribution in [0.25, 0.3) is 0 Å². The van der Waals surface area contributed by atoms with Crippen LogP contribution in [0, 0.1) is 5.92 Å². The Morgan fingerprint density at radius 2 is 2.00 bits per heavy atom. The Morgan fingerprint density at radius 1 is 1.32 bits per heavy atom. The lowest BCUT2D eigenvalue weighted by molar-refractivity contribution is 0.162. The van der Waals surface area contributed by atoms with Gasteiger partial charge in [-0.15, -0.1) is 35.3 Å². The van der Waals surface area contributed by atoms with Gasteiger partial charge in [-0.25, -0.2) is 0 Å². The molecule has 1 aliphatic rings. The third-order valence-electron chi connectivity index (χ3n) is 3.97. The van der Waals surface area contributed by atoms with Crippen molar-refractivity contribution >= 4 is 52.9 Å². The van der Waals surface area contributed by atoms with Crippen molar-refractivity contribution in [1.29, 1.82) is 0 Å². The molecule has 1 aromatic heterocycles. The summed E-state index contributed by atoms with van der Waals surface area (Å²) in [5.74, 6) is 1.59. The molecule has 5 nitrogen and oxygen atoms in total. The standard InChI is InChI=1S/C17H29ClN4OS.HI/c1-4-19-17(20-11-14(23)15-5-6-16(18)24-15)22-9-7-21(8-10-22)12-13(2)3;/h5-6,13-14,23H,4,7-12H2,1-3H3,(H,19,20);1H. The number of hydrogen-bond donors (Lipinski definition) is 2. The van der Waals surface area contributed by atoms with Gasteiger partial charge in [-0.3, -0.25) is 9.89 Å². The Balaban J connectivity index is 0.00000312. The zero-order valence-electron chi connectivity index (χ0n) is 15.2. The number of aliphatic hydroxyl groups excluding tert-OH is 1. The summed E-state index contributed by atoms with van der Waals surface area (Å²) >= 11 is 7.34. The Kier molecular flexibility index (Phi) is 10.6. The average molecular weight is 501 g/mol. The molecule has 1 aliphatic heterocycles. The number of nitrogens with one attached hydrogen (secondary N) is 1. The summed E-state index contributed by atoms with van der Waals surface area (Å²) in [6, 6.07) is 3.68. The minimum atomic E-state index is -0.599. The van der Waals surface area contributed by atoms with Crippen LogP contribution in [0.4, 0.5) is 0 Å². The van der Waals surface area contributed by atoms with Crippen molar-refractivity contribution < 1.29 is 5.11 Å². The fourth-order valence-electron chi connectivity index (χ4n) is 2.85. The van der Waals surface area contributed by atoms with Gasteiger partial charge in [-0.2, -0.15) is 0 Å². The predicted octanol–water partition coefficient (Wildman–Crippen LogP) is 3.29. The molecular weight excluding hydrogens is 471 g/mol. The van der Waals surface area contributed by atoms with E-state index in [1.807, 2.05) is 12.1 Å². The Bertz CT molecular complexity index is 532. The SMILES string of the molecule is CCNC(=NCC(O)c1ccc(Cl)s1)N1CCN(CC(C)C)CC1.I. The highest BCUT2D eigenvalue weighted by Gasteiger charge is 2.20. The van der Waals surface area contributed by atoms with Crippen LogP contribution in [0.5, 0.6) is 0 Å².